The van der Waals surface area contributed by atoms with Crippen molar-refractivity contribution in [1.82, 2.24) is 10.6 Å². The fourth-order valence-electron chi connectivity index (χ4n) is 3.73. The van der Waals surface area contributed by atoms with E-state index >= 15 is 0 Å². The molecule has 2 nitrogen and oxygen atoms in total. The standard InChI is InChI=1S/C16H32N2/c1-14(2,12-8-7-9-17-10-12)11-18-13-15(3,4)16(13,5)6/h12-13,17-18H,7-11H2,1-6H3. The van der Waals surface area contributed by atoms with Crippen LogP contribution >= 0.6 is 0 Å². The lowest BCUT2D eigenvalue weighted by Crippen LogP contribution is -2.44. The number of hydrogen-bond acceptors (Lipinski definition) is 2. The van der Waals surface area contributed by atoms with Gasteiger partial charge in [-0.2, -0.15) is 0 Å². The summed E-state index contributed by atoms with van der Waals surface area (Å²) in [7, 11) is 0. The number of hydrogen-bond donors (Lipinski definition) is 2. The Morgan fingerprint density at radius 2 is 1.78 bits per heavy atom. The van der Waals surface area contributed by atoms with Crippen LogP contribution in [0, 0.1) is 22.2 Å². The first-order chi connectivity index (χ1) is 8.19. The van der Waals surface area contributed by atoms with Crippen molar-refractivity contribution in [3.05, 3.63) is 0 Å². The van der Waals surface area contributed by atoms with Gasteiger partial charge in [-0.1, -0.05) is 41.5 Å². The maximum atomic E-state index is 3.85. The van der Waals surface area contributed by atoms with Crippen LogP contribution in [0.3, 0.4) is 0 Å². The molecular formula is C16H32N2. The van der Waals surface area contributed by atoms with Crippen molar-refractivity contribution in [3.63, 3.8) is 0 Å². The molecule has 1 aliphatic carbocycles. The minimum Gasteiger partial charge on any atom is -0.316 e. The van der Waals surface area contributed by atoms with Crippen LogP contribution in [0.15, 0.2) is 0 Å². The highest BCUT2D eigenvalue weighted by molar-refractivity contribution is 5.18. The minimum absolute atomic E-state index is 0.405. The van der Waals surface area contributed by atoms with Crippen LogP contribution in [0.4, 0.5) is 0 Å². The minimum atomic E-state index is 0.405. The Hall–Kier alpha value is -0.0800. The van der Waals surface area contributed by atoms with Crippen LogP contribution in [0.5, 0.6) is 0 Å². The van der Waals surface area contributed by atoms with E-state index in [-0.39, 0.29) is 0 Å². The van der Waals surface area contributed by atoms with Crippen molar-refractivity contribution in [1.29, 1.82) is 0 Å². The first-order valence-corrected chi connectivity index (χ1v) is 7.64. The Morgan fingerprint density at radius 3 is 2.22 bits per heavy atom. The van der Waals surface area contributed by atoms with Crippen LogP contribution in [0.25, 0.3) is 0 Å². The lowest BCUT2D eigenvalue weighted by molar-refractivity contribution is 0.163. The summed E-state index contributed by atoms with van der Waals surface area (Å²) in [4.78, 5) is 0. The summed E-state index contributed by atoms with van der Waals surface area (Å²) in [5.41, 5.74) is 1.31. The number of rotatable bonds is 4. The van der Waals surface area contributed by atoms with Crippen LogP contribution in [0.2, 0.25) is 0 Å². The van der Waals surface area contributed by atoms with Crippen LogP contribution in [-0.2, 0) is 0 Å². The first-order valence-electron chi connectivity index (χ1n) is 7.64. The molecule has 1 saturated heterocycles. The average molecular weight is 252 g/mol. The highest BCUT2D eigenvalue weighted by atomic mass is 15.0. The van der Waals surface area contributed by atoms with Gasteiger partial charge in [-0.15, -0.1) is 0 Å². The molecule has 0 aromatic heterocycles. The summed E-state index contributed by atoms with van der Waals surface area (Å²) in [6, 6.07) is 0.681. The van der Waals surface area contributed by atoms with Gasteiger partial charge in [-0.05, 0) is 48.1 Å². The quantitative estimate of drug-likeness (QED) is 0.803. The van der Waals surface area contributed by atoms with Crippen molar-refractivity contribution >= 4 is 0 Å². The second-order valence-corrected chi connectivity index (χ2v) is 8.29. The van der Waals surface area contributed by atoms with Crippen molar-refractivity contribution in [2.75, 3.05) is 19.6 Å². The van der Waals surface area contributed by atoms with E-state index < -0.39 is 0 Å². The molecule has 0 bridgehead atoms. The summed E-state index contributed by atoms with van der Waals surface area (Å²) in [6.45, 7) is 18.0. The molecule has 1 unspecified atom stereocenters. The molecule has 18 heavy (non-hydrogen) atoms. The fraction of sp³-hybridized carbons (Fsp3) is 1.00. The zero-order valence-corrected chi connectivity index (χ0v) is 13.2. The summed E-state index contributed by atoms with van der Waals surface area (Å²) >= 11 is 0. The second kappa shape index (κ2) is 4.49. The molecule has 1 heterocycles. The highest BCUT2D eigenvalue weighted by Crippen LogP contribution is 2.62. The molecule has 1 aliphatic heterocycles. The third-order valence-corrected chi connectivity index (χ3v) is 6.18. The number of nitrogens with one attached hydrogen (secondary N) is 2. The molecule has 2 fully saturated rings. The average Bonchev–Trinajstić information content (AvgIpc) is 2.68. The third-order valence-electron chi connectivity index (χ3n) is 6.18. The van der Waals surface area contributed by atoms with E-state index in [1.165, 1.54) is 25.9 Å². The van der Waals surface area contributed by atoms with Gasteiger partial charge in [0, 0.05) is 12.6 Å². The third kappa shape index (κ3) is 2.34. The summed E-state index contributed by atoms with van der Waals surface area (Å²) in [6.07, 6.45) is 2.73. The van der Waals surface area contributed by atoms with E-state index in [1.54, 1.807) is 0 Å². The van der Waals surface area contributed by atoms with Gasteiger partial charge in [0.15, 0.2) is 0 Å². The molecule has 0 radical (unpaired) electrons. The molecule has 0 spiro atoms. The summed E-state index contributed by atoms with van der Waals surface area (Å²) in [5, 5.41) is 7.40. The van der Waals surface area contributed by atoms with Gasteiger partial charge in [0.05, 0.1) is 0 Å². The zero-order valence-electron chi connectivity index (χ0n) is 13.2. The van der Waals surface area contributed by atoms with E-state index in [4.69, 9.17) is 0 Å². The SMILES string of the molecule is CC(C)(CNC1C(C)(C)C1(C)C)C1CCCNC1. The van der Waals surface area contributed by atoms with Crippen molar-refractivity contribution in [2.24, 2.45) is 22.2 Å². The van der Waals surface area contributed by atoms with Crippen molar-refractivity contribution in [3.8, 4) is 0 Å². The monoisotopic (exact) mass is 252 g/mol. The number of piperidine rings is 1. The van der Waals surface area contributed by atoms with Gasteiger partial charge < -0.3 is 10.6 Å². The van der Waals surface area contributed by atoms with Crippen LogP contribution < -0.4 is 10.6 Å². The largest absolute Gasteiger partial charge is 0.316 e. The highest BCUT2D eigenvalue weighted by Gasteiger charge is 2.64. The van der Waals surface area contributed by atoms with E-state index in [0.717, 1.165) is 12.5 Å². The van der Waals surface area contributed by atoms with E-state index in [1.807, 2.05) is 0 Å². The predicted molar refractivity (Wildman–Crippen MR) is 78.7 cm³/mol. The molecule has 2 N–H and O–H groups in total. The molecule has 0 aromatic rings. The Morgan fingerprint density at radius 1 is 1.17 bits per heavy atom. The molecule has 2 aliphatic rings. The van der Waals surface area contributed by atoms with E-state index in [0.29, 0.717) is 22.3 Å². The molecule has 2 rings (SSSR count). The van der Waals surface area contributed by atoms with Gasteiger partial charge in [-0.25, -0.2) is 0 Å². The smallest absolute Gasteiger partial charge is 0.0181 e. The van der Waals surface area contributed by atoms with Gasteiger partial charge in [-0.3, -0.25) is 0 Å². The summed E-state index contributed by atoms with van der Waals surface area (Å²) < 4.78 is 0. The van der Waals surface area contributed by atoms with Crippen molar-refractivity contribution in [2.45, 2.75) is 60.4 Å². The van der Waals surface area contributed by atoms with Gasteiger partial charge in [0.1, 0.15) is 0 Å². The first kappa shape index (κ1) is 14.3. The molecule has 0 amide bonds. The maximum absolute atomic E-state index is 3.85. The second-order valence-electron chi connectivity index (χ2n) is 8.29. The molecule has 106 valence electrons. The molecular weight excluding hydrogens is 220 g/mol. The lowest BCUT2D eigenvalue weighted by atomic mass is 9.75. The van der Waals surface area contributed by atoms with Crippen molar-refractivity contribution < 1.29 is 0 Å². The van der Waals surface area contributed by atoms with E-state index in [9.17, 15) is 0 Å². The Kier molecular flexibility index (Phi) is 3.57. The maximum Gasteiger partial charge on any atom is 0.0181 e. The molecule has 0 aromatic carbocycles. The van der Waals surface area contributed by atoms with Gasteiger partial charge >= 0.3 is 0 Å². The summed E-state index contributed by atoms with van der Waals surface area (Å²) in [5.74, 6) is 0.823. The molecule has 1 saturated carbocycles. The lowest BCUT2D eigenvalue weighted by Gasteiger charge is -2.38. The fourth-order valence-corrected chi connectivity index (χ4v) is 3.73. The predicted octanol–water partition coefficient (Wildman–Crippen LogP) is 3.04. The van der Waals surface area contributed by atoms with Gasteiger partial charge in [0.25, 0.3) is 0 Å². The zero-order chi connectivity index (χ0) is 13.6. The topological polar surface area (TPSA) is 24.1 Å². The molecule has 1 atom stereocenters. The Balaban J connectivity index is 1.86. The Labute approximate surface area is 113 Å². The normalized spacial score (nSPS) is 31.3. The van der Waals surface area contributed by atoms with E-state index in [2.05, 4.69) is 52.2 Å². The molecule has 2 heteroatoms. The van der Waals surface area contributed by atoms with Crippen LogP contribution in [-0.4, -0.2) is 25.7 Å². The van der Waals surface area contributed by atoms with Gasteiger partial charge in [0.2, 0.25) is 0 Å². The Bertz CT molecular complexity index is 284. The van der Waals surface area contributed by atoms with Crippen LogP contribution in [0.1, 0.15) is 54.4 Å².